The van der Waals surface area contributed by atoms with Crippen molar-refractivity contribution >= 4 is 27.7 Å². The topological polar surface area (TPSA) is 90.0 Å². The van der Waals surface area contributed by atoms with Gasteiger partial charge in [-0.2, -0.15) is 12.7 Å². The first-order valence-electron chi connectivity index (χ1n) is 13.2. The third kappa shape index (κ3) is 7.89. The van der Waals surface area contributed by atoms with Crippen LogP contribution in [0, 0.1) is 5.82 Å². The summed E-state index contributed by atoms with van der Waals surface area (Å²) in [6.45, 7) is 2.99. The number of rotatable bonds is 13. The lowest BCUT2D eigenvalue weighted by molar-refractivity contribution is -0.140. The van der Waals surface area contributed by atoms with Crippen LogP contribution < -0.4 is 9.62 Å². The number of benzene rings is 3. The van der Waals surface area contributed by atoms with E-state index in [1.54, 1.807) is 48.5 Å². The molecule has 2 amide bonds. The monoisotopic (exact) mass is 568 g/mol. The smallest absolute Gasteiger partial charge is 0.304 e. The molecule has 40 heavy (non-hydrogen) atoms. The minimum Gasteiger partial charge on any atom is -0.352 e. The number of anilines is 1. The van der Waals surface area contributed by atoms with Crippen LogP contribution in [0.25, 0.3) is 0 Å². The van der Waals surface area contributed by atoms with Crippen LogP contribution in [-0.4, -0.2) is 62.2 Å². The summed E-state index contributed by atoms with van der Waals surface area (Å²) in [5, 5.41) is 2.95. The van der Waals surface area contributed by atoms with Gasteiger partial charge in [0.1, 0.15) is 18.4 Å². The molecule has 3 aromatic rings. The molecule has 0 aromatic heterocycles. The van der Waals surface area contributed by atoms with Crippen molar-refractivity contribution in [3.63, 3.8) is 0 Å². The minimum atomic E-state index is -4.08. The fourth-order valence-electron chi connectivity index (χ4n) is 4.12. The van der Waals surface area contributed by atoms with Gasteiger partial charge in [0, 0.05) is 38.7 Å². The van der Waals surface area contributed by atoms with Gasteiger partial charge in [0.15, 0.2) is 0 Å². The zero-order chi connectivity index (χ0) is 29.3. The Morgan fingerprint density at radius 2 is 1.48 bits per heavy atom. The highest BCUT2D eigenvalue weighted by Crippen LogP contribution is 2.22. The lowest BCUT2D eigenvalue weighted by Gasteiger charge is -2.35. The minimum absolute atomic E-state index is 0.161. The Hall–Kier alpha value is -3.76. The van der Waals surface area contributed by atoms with E-state index in [0.717, 1.165) is 14.2 Å². The van der Waals surface area contributed by atoms with Crippen LogP contribution in [0.2, 0.25) is 0 Å². The summed E-state index contributed by atoms with van der Waals surface area (Å²) in [7, 11) is -1.33. The molecular formula is C30H37FN4O4S. The number of halogens is 1. The van der Waals surface area contributed by atoms with E-state index in [1.165, 1.54) is 25.1 Å². The third-order valence-corrected chi connectivity index (χ3v) is 8.45. The van der Waals surface area contributed by atoms with E-state index in [1.807, 2.05) is 44.2 Å². The van der Waals surface area contributed by atoms with Crippen molar-refractivity contribution in [1.82, 2.24) is 14.5 Å². The number of carbonyl (C=O) groups excluding carboxylic acids is 2. The first-order valence-corrected chi connectivity index (χ1v) is 14.6. The van der Waals surface area contributed by atoms with Crippen molar-refractivity contribution in [3.05, 3.63) is 102 Å². The zero-order valence-corrected chi connectivity index (χ0v) is 24.1. The van der Waals surface area contributed by atoms with Crippen LogP contribution >= 0.6 is 0 Å². The summed E-state index contributed by atoms with van der Waals surface area (Å²) in [6, 6.07) is 22.3. The molecule has 0 saturated heterocycles. The van der Waals surface area contributed by atoms with E-state index in [4.69, 9.17) is 0 Å². The first-order chi connectivity index (χ1) is 19.0. The quantitative estimate of drug-likeness (QED) is 0.338. The summed E-state index contributed by atoms with van der Waals surface area (Å²) < 4.78 is 43.5. The van der Waals surface area contributed by atoms with Crippen LogP contribution in [0.15, 0.2) is 84.9 Å². The molecule has 0 aliphatic carbocycles. The number of hydrogen-bond donors (Lipinski definition) is 1. The van der Waals surface area contributed by atoms with Gasteiger partial charge in [0.05, 0.1) is 5.69 Å². The lowest BCUT2D eigenvalue weighted by atomic mass is 10.0. The molecule has 0 aliphatic heterocycles. The summed E-state index contributed by atoms with van der Waals surface area (Å²) in [6.07, 6.45) is 0.836. The van der Waals surface area contributed by atoms with Crippen LogP contribution in [0.5, 0.6) is 0 Å². The molecule has 0 heterocycles. The summed E-state index contributed by atoms with van der Waals surface area (Å²) in [4.78, 5) is 29.0. The van der Waals surface area contributed by atoms with E-state index < -0.39 is 40.4 Å². The molecule has 0 fully saturated rings. The molecule has 0 spiro atoms. The second kappa shape index (κ2) is 14.0. The van der Waals surface area contributed by atoms with E-state index in [-0.39, 0.29) is 24.6 Å². The van der Waals surface area contributed by atoms with Crippen molar-refractivity contribution in [3.8, 4) is 0 Å². The van der Waals surface area contributed by atoms with Gasteiger partial charge in [-0.25, -0.2) is 8.70 Å². The molecule has 0 unspecified atom stereocenters. The van der Waals surface area contributed by atoms with Gasteiger partial charge < -0.3 is 10.2 Å². The Balaban J connectivity index is 2.09. The lowest BCUT2D eigenvalue weighted by Crippen LogP contribution is -2.55. The molecular weight excluding hydrogens is 531 g/mol. The molecule has 0 bridgehead atoms. The maximum atomic E-state index is 14.8. The average Bonchev–Trinajstić information content (AvgIpc) is 2.95. The van der Waals surface area contributed by atoms with Crippen molar-refractivity contribution in [2.24, 2.45) is 0 Å². The maximum Gasteiger partial charge on any atom is 0.304 e. The molecule has 10 heteroatoms. The van der Waals surface area contributed by atoms with E-state index in [2.05, 4.69) is 5.32 Å². The van der Waals surface area contributed by atoms with Crippen molar-refractivity contribution in [1.29, 1.82) is 0 Å². The molecule has 0 radical (unpaired) electrons. The standard InChI is InChI=1S/C30H37FN4O4S/c1-5-23(2)32-30(37)28(20-24-14-8-6-9-15-24)34(21-25-16-12-13-19-27(25)31)29(36)22-35(40(38,39)33(3)4)26-17-10-7-11-18-26/h6-19,23,28H,5,20-22H2,1-4H3,(H,32,37)/t23-,28+/m1/s1. The predicted octanol–water partition coefficient (Wildman–Crippen LogP) is 3.99. The second-order valence-electron chi connectivity index (χ2n) is 9.77. The average molecular weight is 569 g/mol. The molecule has 214 valence electrons. The van der Waals surface area contributed by atoms with Crippen molar-refractivity contribution < 1.29 is 22.4 Å². The van der Waals surface area contributed by atoms with E-state index in [0.29, 0.717) is 12.1 Å². The molecule has 2 atom stereocenters. The SMILES string of the molecule is CC[C@@H](C)NC(=O)[C@H](Cc1ccccc1)N(Cc1ccccc1F)C(=O)CN(c1ccccc1)S(=O)(=O)N(C)C. The summed E-state index contributed by atoms with van der Waals surface area (Å²) in [5.41, 5.74) is 1.31. The molecule has 0 saturated carbocycles. The summed E-state index contributed by atoms with van der Waals surface area (Å²) >= 11 is 0. The maximum absolute atomic E-state index is 14.8. The van der Waals surface area contributed by atoms with Gasteiger partial charge in [-0.3, -0.25) is 9.59 Å². The number of amides is 2. The van der Waals surface area contributed by atoms with Gasteiger partial charge >= 0.3 is 10.2 Å². The number of carbonyl (C=O) groups is 2. The molecule has 0 aliphatic rings. The number of para-hydroxylation sites is 1. The largest absolute Gasteiger partial charge is 0.352 e. The zero-order valence-electron chi connectivity index (χ0n) is 23.3. The Labute approximate surface area is 236 Å². The third-order valence-electron chi connectivity index (χ3n) is 6.63. The fourth-order valence-corrected chi connectivity index (χ4v) is 5.17. The number of nitrogens with zero attached hydrogens (tertiary/aromatic N) is 3. The van der Waals surface area contributed by atoms with Gasteiger partial charge in [-0.1, -0.05) is 73.7 Å². The van der Waals surface area contributed by atoms with Crippen LogP contribution in [0.1, 0.15) is 31.4 Å². The molecule has 3 aromatic carbocycles. The van der Waals surface area contributed by atoms with Crippen LogP contribution in [-0.2, 0) is 32.8 Å². The molecule has 3 rings (SSSR count). The highest BCUT2D eigenvalue weighted by atomic mass is 32.2. The Bertz CT molecular complexity index is 1370. The Kier molecular flexibility index (Phi) is 10.8. The Morgan fingerprint density at radius 1 is 0.900 bits per heavy atom. The highest BCUT2D eigenvalue weighted by Gasteiger charge is 2.35. The van der Waals surface area contributed by atoms with Crippen LogP contribution in [0.4, 0.5) is 10.1 Å². The number of nitrogens with one attached hydrogen (secondary N) is 1. The van der Waals surface area contributed by atoms with Gasteiger partial charge in [-0.15, -0.1) is 0 Å². The highest BCUT2D eigenvalue weighted by molar-refractivity contribution is 7.90. The predicted molar refractivity (Wildman–Crippen MR) is 155 cm³/mol. The van der Waals surface area contributed by atoms with E-state index >= 15 is 0 Å². The van der Waals surface area contributed by atoms with Crippen molar-refractivity contribution in [2.75, 3.05) is 24.9 Å². The fraction of sp³-hybridized carbons (Fsp3) is 0.333. The van der Waals surface area contributed by atoms with Gasteiger partial charge in [0.25, 0.3) is 0 Å². The normalized spacial score (nSPS) is 12.9. The summed E-state index contributed by atoms with van der Waals surface area (Å²) in [5.74, 6) is -1.57. The van der Waals surface area contributed by atoms with Gasteiger partial charge in [-0.05, 0) is 37.1 Å². The van der Waals surface area contributed by atoms with Crippen molar-refractivity contribution in [2.45, 2.75) is 45.3 Å². The van der Waals surface area contributed by atoms with Gasteiger partial charge in [0.2, 0.25) is 11.8 Å². The number of hydrogen-bond acceptors (Lipinski definition) is 4. The molecule has 8 nitrogen and oxygen atoms in total. The van der Waals surface area contributed by atoms with Crippen LogP contribution in [0.3, 0.4) is 0 Å². The van der Waals surface area contributed by atoms with E-state index in [9.17, 15) is 22.4 Å². The molecule has 1 N–H and O–H groups in total. The Morgan fingerprint density at radius 3 is 2.05 bits per heavy atom. The first kappa shape index (κ1) is 30.8. The second-order valence-corrected chi connectivity index (χ2v) is 11.8.